The fourth-order valence-corrected chi connectivity index (χ4v) is 6.28. The van der Waals surface area contributed by atoms with Crippen molar-refractivity contribution in [3.63, 3.8) is 0 Å². The lowest BCUT2D eigenvalue weighted by Crippen LogP contribution is -2.11. The predicted molar refractivity (Wildman–Crippen MR) is 176 cm³/mol. The second kappa shape index (κ2) is 9.33. The number of furan rings is 1. The summed E-state index contributed by atoms with van der Waals surface area (Å²) in [5, 5.41) is 6.63. The van der Waals surface area contributed by atoms with Crippen LogP contribution in [0.3, 0.4) is 0 Å². The van der Waals surface area contributed by atoms with E-state index < -0.39 is 0 Å². The van der Waals surface area contributed by atoms with Crippen molar-refractivity contribution < 1.29 is 8.83 Å². The van der Waals surface area contributed by atoms with Gasteiger partial charge in [-0.15, -0.1) is 0 Å². The number of rotatable bonds is 4. The molecular weight excluding hydrogens is 528 g/mol. The molecule has 0 fully saturated rings. The summed E-state index contributed by atoms with van der Waals surface area (Å²) in [4.78, 5) is 7.12. The fourth-order valence-electron chi connectivity index (χ4n) is 6.28. The molecule has 0 unspecified atom stereocenters. The molecule has 7 aromatic carbocycles. The van der Waals surface area contributed by atoms with Gasteiger partial charge in [0.1, 0.15) is 16.7 Å². The van der Waals surface area contributed by atoms with Gasteiger partial charge in [-0.25, -0.2) is 4.98 Å². The zero-order chi connectivity index (χ0) is 28.3. The van der Waals surface area contributed by atoms with Gasteiger partial charge in [-0.1, -0.05) is 91.0 Å². The molecule has 202 valence electrons. The van der Waals surface area contributed by atoms with E-state index >= 15 is 0 Å². The molecule has 0 saturated carbocycles. The fraction of sp³-hybridized carbons (Fsp3) is 0. The summed E-state index contributed by atoms with van der Waals surface area (Å²) >= 11 is 0. The molecule has 2 heterocycles. The zero-order valence-corrected chi connectivity index (χ0v) is 23.1. The number of fused-ring (bicyclic) bond motifs is 7. The predicted octanol–water partition coefficient (Wildman–Crippen LogP) is 11.2. The van der Waals surface area contributed by atoms with Crippen LogP contribution in [-0.4, -0.2) is 4.98 Å². The van der Waals surface area contributed by atoms with Crippen molar-refractivity contribution in [1.82, 2.24) is 4.98 Å². The molecule has 0 radical (unpaired) electrons. The van der Waals surface area contributed by atoms with E-state index in [2.05, 4.69) is 114 Å². The molecule has 2 aromatic heterocycles. The number of aromatic nitrogens is 1. The van der Waals surface area contributed by atoms with Gasteiger partial charge in [-0.3, -0.25) is 0 Å². The lowest BCUT2D eigenvalue weighted by Gasteiger charge is -2.28. The highest BCUT2D eigenvalue weighted by atomic mass is 16.3. The Morgan fingerprint density at radius 2 is 1.21 bits per heavy atom. The minimum absolute atomic E-state index is 0.597. The summed E-state index contributed by atoms with van der Waals surface area (Å²) in [6.07, 6.45) is 0. The number of benzene rings is 7. The zero-order valence-electron chi connectivity index (χ0n) is 23.1. The normalized spacial score (nSPS) is 11.7. The minimum Gasteiger partial charge on any atom is -0.455 e. The van der Waals surface area contributed by atoms with Crippen LogP contribution in [0.5, 0.6) is 0 Å². The van der Waals surface area contributed by atoms with Gasteiger partial charge < -0.3 is 13.7 Å². The summed E-state index contributed by atoms with van der Waals surface area (Å²) in [6.45, 7) is 0. The summed E-state index contributed by atoms with van der Waals surface area (Å²) in [5.41, 5.74) is 7.52. The Labute approximate surface area is 247 Å². The van der Waals surface area contributed by atoms with E-state index in [0.717, 1.165) is 66.4 Å². The molecule has 0 bridgehead atoms. The molecule has 43 heavy (non-hydrogen) atoms. The summed E-state index contributed by atoms with van der Waals surface area (Å²) < 4.78 is 12.7. The van der Waals surface area contributed by atoms with Gasteiger partial charge in [0.25, 0.3) is 0 Å². The van der Waals surface area contributed by atoms with Crippen molar-refractivity contribution in [2.45, 2.75) is 0 Å². The van der Waals surface area contributed by atoms with E-state index in [1.54, 1.807) is 0 Å². The van der Waals surface area contributed by atoms with Crippen molar-refractivity contribution in [2.24, 2.45) is 0 Å². The molecule has 4 nitrogen and oxygen atoms in total. The first-order chi connectivity index (χ1) is 21.3. The third-order valence-corrected chi connectivity index (χ3v) is 8.26. The van der Waals surface area contributed by atoms with Crippen molar-refractivity contribution in [1.29, 1.82) is 0 Å². The summed E-state index contributed by atoms with van der Waals surface area (Å²) in [7, 11) is 0. The Morgan fingerprint density at radius 1 is 0.465 bits per heavy atom. The molecular formula is C39H24N2O2. The molecule has 0 spiro atoms. The molecule has 0 aliphatic heterocycles. The van der Waals surface area contributed by atoms with Gasteiger partial charge >= 0.3 is 0 Å². The molecule has 9 rings (SSSR count). The Morgan fingerprint density at radius 3 is 2.09 bits per heavy atom. The van der Waals surface area contributed by atoms with Crippen molar-refractivity contribution >= 4 is 71.6 Å². The molecule has 0 amide bonds. The molecule has 0 aliphatic rings. The quantitative estimate of drug-likeness (QED) is 0.218. The van der Waals surface area contributed by atoms with Gasteiger partial charge in [0, 0.05) is 38.2 Å². The molecule has 4 heteroatoms. The summed E-state index contributed by atoms with van der Waals surface area (Å²) in [6, 6.07) is 50.4. The lowest BCUT2D eigenvalue weighted by molar-refractivity contribution is 0.620. The Bertz CT molecular complexity index is 2430. The lowest BCUT2D eigenvalue weighted by atomic mass is 10.0. The first-order valence-electron chi connectivity index (χ1n) is 14.4. The second-order valence-corrected chi connectivity index (χ2v) is 10.8. The monoisotopic (exact) mass is 552 g/mol. The van der Waals surface area contributed by atoms with Gasteiger partial charge in [0.15, 0.2) is 5.58 Å². The van der Waals surface area contributed by atoms with Crippen LogP contribution in [0.15, 0.2) is 154 Å². The van der Waals surface area contributed by atoms with Gasteiger partial charge in [0.2, 0.25) is 5.89 Å². The molecule has 0 atom stereocenters. The largest absolute Gasteiger partial charge is 0.455 e. The van der Waals surface area contributed by atoms with Gasteiger partial charge in [-0.2, -0.15) is 0 Å². The Hall–Kier alpha value is -5.87. The maximum atomic E-state index is 6.56. The smallest absolute Gasteiger partial charge is 0.227 e. The summed E-state index contributed by atoms with van der Waals surface area (Å²) in [5.74, 6) is 0.597. The Balaban J connectivity index is 1.35. The maximum Gasteiger partial charge on any atom is 0.227 e. The third-order valence-electron chi connectivity index (χ3n) is 8.26. The van der Waals surface area contributed by atoms with Crippen molar-refractivity contribution in [3.05, 3.63) is 146 Å². The number of nitrogens with zero attached hydrogens (tertiary/aromatic N) is 2. The van der Waals surface area contributed by atoms with E-state index in [4.69, 9.17) is 13.8 Å². The van der Waals surface area contributed by atoms with Crippen LogP contribution in [0, 0.1) is 0 Å². The highest BCUT2D eigenvalue weighted by Gasteiger charge is 2.22. The van der Waals surface area contributed by atoms with Crippen LogP contribution in [0.1, 0.15) is 0 Å². The van der Waals surface area contributed by atoms with E-state index in [1.807, 2.05) is 36.4 Å². The number of hydrogen-bond donors (Lipinski definition) is 0. The standard InChI is InChI=1S/C39H24N2O2/c1-2-13-27(14-3-1)41(34-19-10-12-25-11-4-5-15-28(25)34)35-24-32-31-23-26(39-40-33-18-8-9-20-37(33)43-39)21-22-36(31)42-38(32)30-17-7-6-16-29(30)35/h1-24H. The van der Waals surface area contributed by atoms with E-state index in [1.165, 1.54) is 10.8 Å². The van der Waals surface area contributed by atoms with Gasteiger partial charge in [-0.05, 0) is 60.0 Å². The number of hydrogen-bond acceptors (Lipinski definition) is 4. The number of oxazole rings is 1. The van der Waals surface area contributed by atoms with Crippen LogP contribution >= 0.6 is 0 Å². The topological polar surface area (TPSA) is 42.4 Å². The van der Waals surface area contributed by atoms with E-state index in [-0.39, 0.29) is 0 Å². The minimum atomic E-state index is 0.597. The average molecular weight is 553 g/mol. The van der Waals surface area contributed by atoms with E-state index in [9.17, 15) is 0 Å². The van der Waals surface area contributed by atoms with Crippen molar-refractivity contribution in [2.75, 3.05) is 4.90 Å². The molecule has 9 aromatic rings. The molecule has 0 aliphatic carbocycles. The van der Waals surface area contributed by atoms with Crippen molar-refractivity contribution in [3.8, 4) is 11.5 Å². The van der Waals surface area contributed by atoms with Crippen LogP contribution in [0.25, 0.3) is 66.0 Å². The first kappa shape index (κ1) is 23.8. The SMILES string of the molecule is c1ccc(N(c2cccc3ccccc23)c2cc3c4cc(-c5nc6ccccc6o5)ccc4oc3c3ccccc23)cc1. The molecule has 0 N–H and O–H groups in total. The van der Waals surface area contributed by atoms with Gasteiger partial charge in [0.05, 0.1) is 11.4 Å². The maximum absolute atomic E-state index is 6.56. The third kappa shape index (κ3) is 3.74. The molecule has 0 saturated heterocycles. The van der Waals surface area contributed by atoms with Crippen LogP contribution < -0.4 is 4.90 Å². The van der Waals surface area contributed by atoms with Crippen LogP contribution in [-0.2, 0) is 0 Å². The highest BCUT2D eigenvalue weighted by Crippen LogP contribution is 2.46. The van der Waals surface area contributed by atoms with Crippen LogP contribution in [0.2, 0.25) is 0 Å². The second-order valence-electron chi connectivity index (χ2n) is 10.8. The van der Waals surface area contributed by atoms with Crippen LogP contribution in [0.4, 0.5) is 17.1 Å². The van der Waals surface area contributed by atoms with E-state index in [0.29, 0.717) is 5.89 Å². The highest BCUT2D eigenvalue weighted by molar-refractivity contribution is 6.20. The Kier molecular flexibility index (Phi) is 5.16. The first-order valence-corrected chi connectivity index (χ1v) is 14.4. The number of anilines is 3. The number of para-hydroxylation sites is 3. The average Bonchev–Trinajstić information content (AvgIpc) is 3.67.